The van der Waals surface area contributed by atoms with Crippen LogP contribution in [0.5, 0.6) is 5.75 Å². The number of anilines is 1. The summed E-state index contributed by atoms with van der Waals surface area (Å²) in [7, 11) is 0. The SMILES string of the molecule is C=C(C)/C(Cc1ccc(F)cc1)=C(\N=C/C)N1CCOc2ccc(-c3cnc(N)cn3)cc2C1.CC. The van der Waals surface area contributed by atoms with E-state index in [2.05, 4.69) is 27.5 Å². The van der Waals surface area contributed by atoms with E-state index in [1.54, 1.807) is 30.7 Å². The monoisotopic (exact) mass is 487 g/mol. The highest BCUT2D eigenvalue weighted by atomic mass is 19.1. The standard InChI is InChI=1S/C27H28FN5O.C2H6/c1-4-30-27(23(18(2)3)13-19-5-8-22(28)9-6-19)33-11-12-34-25-10-7-20(14-21(25)17-33)24-15-32-26(29)16-31-24;1-2/h4-10,14-16H,2,11-13,17H2,1,3H3,(H2,29,32);1-2H3/b27-23+,30-4-;. The van der Waals surface area contributed by atoms with Gasteiger partial charge in [0.15, 0.2) is 0 Å². The highest BCUT2D eigenvalue weighted by Gasteiger charge is 2.21. The van der Waals surface area contributed by atoms with Crippen LogP contribution in [0.3, 0.4) is 0 Å². The molecule has 0 saturated heterocycles. The number of benzene rings is 2. The van der Waals surface area contributed by atoms with Crippen molar-refractivity contribution in [2.75, 3.05) is 18.9 Å². The third-order valence-electron chi connectivity index (χ3n) is 5.64. The molecule has 188 valence electrons. The van der Waals surface area contributed by atoms with Gasteiger partial charge in [0.1, 0.15) is 29.8 Å². The summed E-state index contributed by atoms with van der Waals surface area (Å²) in [5.41, 5.74) is 11.3. The van der Waals surface area contributed by atoms with Gasteiger partial charge < -0.3 is 15.4 Å². The molecule has 6 nitrogen and oxygen atoms in total. The molecule has 0 fully saturated rings. The van der Waals surface area contributed by atoms with Crippen LogP contribution < -0.4 is 10.5 Å². The van der Waals surface area contributed by atoms with Gasteiger partial charge in [-0.05, 0) is 49.7 Å². The van der Waals surface area contributed by atoms with Crippen molar-refractivity contribution in [2.45, 2.75) is 40.7 Å². The van der Waals surface area contributed by atoms with Crippen LogP contribution in [0.15, 0.2) is 83.4 Å². The van der Waals surface area contributed by atoms with Crippen LogP contribution in [0.2, 0.25) is 0 Å². The van der Waals surface area contributed by atoms with Crippen LogP contribution in [0.25, 0.3) is 11.3 Å². The van der Waals surface area contributed by atoms with Gasteiger partial charge in [0, 0.05) is 35.9 Å². The zero-order valence-electron chi connectivity index (χ0n) is 21.5. The summed E-state index contributed by atoms with van der Waals surface area (Å²) < 4.78 is 19.5. The van der Waals surface area contributed by atoms with Gasteiger partial charge in [-0.15, -0.1) is 0 Å². The number of aliphatic imine (C=N–C) groups is 1. The molecule has 0 saturated carbocycles. The highest BCUT2D eigenvalue weighted by Crippen LogP contribution is 2.31. The van der Waals surface area contributed by atoms with Gasteiger partial charge in [-0.25, -0.2) is 14.4 Å². The van der Waals surface area contributed by atoms with Crippen molar-refractivity contribution in [2.24, 2.45) is 4.99 Å². The molecular formula is C29H34FN5O. The molecule has 0 spiro atoms. The first-order valence-corrected chi connectivity index (χ1v) is 12.2. The number of fused-ring (bicyclic) bond motifs is 1. The fraction of sp³-hybridized carbons (Fsp3) is 0.276. The molecular weight excluding hydrogens is 453 g/mol. The van der Waals surface area contributed by atoms with Gasteiger partial charge in [-0.3, -0.25) is 4.98 Å². The van der Waals surface area contributed by atoms with Gasteiger partial charge in [0.25, 0.3) is 0 Å². The van der Waals surface area contributed by atoms with E-state index in [1.807, 2.05) is 39.8 Å². The maximum absolute atomic E-state index is 13.4. The van der Waals surface area contributed by atoms with Gasteiger partial charge in [0.2, 0.25) is 0 Å². The molecule has 2 heterocycles. The molecule has 7 heteroatoms. The fourth-order valence-electron chi connectivity index (χ4n) is 3.92. The Morgan fingerprint density at radius 3 is 2.56 bits per heavy atom. The molecule has 0 amide bonds. The molecule has 0 aliphatic carbocycles. The number of hydrogen-bond donors (Lipinski definition) is 1. The molecule has 4 rings (SSSR count). The lowest BCUT2D eigenvalue weighted by atomic mass is 9.99. The molecule has 0 bridgehead atoms. The van der Waals surface area contributed by atoms with Crippen LogP contribution >= 0.6 is 0 Å². The number of hydrogen-bond acceptors (Lipinski definition) is 6. The van der Waals surface area contributed by atoms with Crippen LogP contribution in [0.4, 0.5) is 10.2 Å². The highest BCUT2D eigenvalue weighted by molar-refractivity contribution is 5.62. The van der Waals surface area contributed by atoms with Crippen molar-refractivity contribution in [3.05, 3.63) is 95.3 Å². The molecule has 0 unspecified atom stereocenters. The smallest absolute Gasteiger partial charge is 0.141 e. The van der Waals surface area contributed by atoms with Crippen molar-refractivity contribution < 1.29 is 9.13 Å². The van der Waals surface area contributed by atoms with E-state index in [9.17, 15) is 4.39 Å². The minimum atomic E-state index is -0.251. The lowest BCUT2D eigenvalue weighted by Crippen LogP contribution is -2.26. The maximum Gasteiger partial charge on any atom is 0.141 e. The summed E-state index contributed by atoms with van der Waals surface area (Å²) in [4.78, 5) is 15.5. The average Bonchev–Trinajstić information content (AvgIpc) is 3.10. The number of nitrogens with zero attached hydrogens (tertiary/aromatic N) is 4. The molecule has 1 aliphatic heterocycles. The van der Waals surface area contributed by atoms with Crippen molar-refractivity contribution in [1.82, 2.24) is 14.9 Å². The zero-order chi connectivity index (χ0) is 26.1. The van der Waals surface area contributed by atoms with Gasteiger partial charge in [-0.2, -0.15) is 0 Å². The van der Waals surface area contributed by atoms with Crippen molar-refractivity contribution in [1.29, 1.82) is 0 Å². The third-order valence-corrected chi connectivity index (χ3v) is 5.64. The number of nitrogen functional groups attached to an aromatic ring is 1. The van der Waals surface area contributed by atoms with Crippen molar-refractivity contribution >= 4 is 12.0 Å². The number of allylic oxidation sites excluding steroid dienone is 2. The third kappa shape index (κ3) is 6.56. The van der Waals surface area contributed by atoms with Gasteiger partial charge >= 0.3 is 0 Å². The molecule has 2 aromatic carbocycles. The Morgan fingerprint density at radius 2 is 1.92 bits per heavy atom. The quantitative estimate of drug-likeness (QED) is 0.331. The fourth-order valence-corrected chi connectivity index (χ4v) is 3.92. The largest absolute Gasteiger partial charge is 0.491 e. The van der Waals surface area contributed by atoms with E-state index in [0.717, 1.165) is 45.1 Å². The number of nitrogens with two attached hydrogens (primary N) is 1. The summed E-state index contributed by atoms with van der Waals surface area (Å²) in [5.74, 6) is 1.81. The maximum atomic E-state index is 13.4. The second-order valence-electron chi connectivity index (χ2n) is 8.19. The molecule has 0 radical (unpaired) electrons. The van der Waals surface area contributed by atoms with E-state index in [0.29, 0.717) is 31.9 Å². The molecule has 0 atom stereocenters. The topological polar surface area (TPSA) is 76.6 Å². The van der Waals surface area contributed by atoms with Crippen LogP contribution in [-0.4, -0.2) is 34.2 Å². The number of aromatic nitrogens is 2. The number of ether oxygens (including phenoxy) is 1. The summed E-state index contributed by atoms with van der Waals surface area (Å²) in [6.07, 6.45) is 5.61. The second-order valence-corrected chi connectivity index (χ2v) is 8.19. The van der Waals surface area contributed by atoms with Crippen molar-refractivity contribution in [3.63, 3.8) is 0 Å². The number of rotatable bonds is 6. The normalized spacial score (nSPS) is 13.6. The van der Waals surface area contributed by atoms with E-state index in [1.165, 1.54) is 12.1 Å². The molecule has 3 aromatic rings. The summed E-state index contributed by atoms with van der Waals surface area (Å²) in [6, 6.07) is 12.6. The molecule has 1 aliphatic rings. The Hall–Kier alpha value is -4.00. The van der Waals surface area contributed by atoms with Gasteiger partial charge in [0.05, 0.1) is 24.6 Å². The number of halogens is 1. The Morgan fingerprint density at radius 1 is 1.17 bits per heavy atom. The lowest BCUT2D eigenvalue weighted by molar-refractivity contribution is 0.261. The van der Waals surface area contributed by atoms with E-state index in [4.69, 9.17) is 15.5 Å². The van der Waals surface area contributed by atoms with Crippen LogP contribution in [0.1, 0.15) is 38.8 Å². The van der Waals surface area contributed by atoms with Crippen LogP contribution in [-0.2, 0) is 13.0 Å². The predicted octanol–water partition coefficient (Wildman–Crippen LogP) is 6.21. The minimum absolute atomic E-state index is 0.251. The Balaban J connectivity index is 0.00000176. The first kappa shape index (κ1) is 26.6. The first-order valence-electron chi connectivity index (χ1n) is 12.2. The zero-order valence-corrected chi connectivity index (χ0v) is 21.5. The summed E-state index contributed by atoms with van der Waals surface area (Å²) in [6.45, 7) is 13.9. The minimum Gasteiger partial charge on any atom is -0.491 e. The van der Waals surface area contributed by atoms with Gasteiger partial charge in [-0.1, -0.05) is 38.1 Å². The van der Waals surface area contributed by atoms with Crippen molar-refractivity contribution in [3.8, 4) is 17.0 Å². The molecule has 1 aromatic heterocycles. The Labute approximate surface area is 213 Å². The first-order chi connectivity index (χ1) is 17.4. The lowest BCUT2D eigenvalue weighted by Gasteiger charge is -2.26. The Kier molecular flexibility index (Phi) is 9.33. The van der Waals surface area contributed by atoms with Crippen LogP contribution in [0, 0.1) is 5.82 Å². The van der Waals surface area contributed by atoms with E-state index >= 15 is 0 Å². The molecule has 36 heavy (non-hydrogen) atoms. The Bertz CT molecular complexity index is 1230. The summed E-state index contributed by atoms with van der Waals surface area (Å²) >= 11 is 0. The predicted molar refractivity (Wildman–Crippen MR) is 145 cm³/mol. The molecule has 2 N–H and O–H groups in total. The summed E-state index contributed by atoms with van der Waals surface area (Å²) in [5, 5.41) is 0. The van der Waals surface area contributed by atoms with E-state index in [-0.39, 0.29) is 5.82 Å². The second kappa shape index (κ2) is 12.6. The van der Waals surface area contributed by atoms with E-state index < -0.39 is 0 Å². The average molecular weight is 488 g/mol.